The fraction of sp³-hybridized carbons (Fsp3) is 0.333. The SMILES string of the molecule is CN=C(NC(=O)OC(C)(C)C)Nc1ccc(C(=O)c2[nH]c(=O)[nH]c2C)cc1. The number of aryl methyl sites for hydroxylation is 1. The van der Waals surface area contributed by atoms with Crippen LogP contribution in [0.3, 0.4) is 0 Å². The number of carbonyl (C=O) groups excluding carboxylic acids is 2. The zero-order valence-corrected chi connectivity index (χ0v) is 15.9. The van der Waals surface area contributed by atoms with Gasteiger partial charge in [-0.25, -0.2) is 9.59 Å². The molecule has 0 atom stereocenters. The van der Waals surface area contributed by atoms with E-state index in [1.54, 1.807) is 52.0 Å². The molecule has 1 amide bonds. The van der Waals surface area contributed by atoms with E-state index in [4.69, 9.17) is 4.74 Å². The summed E-state index contributed by atoms with van der Waals surface area (Å²) < 4.78 is 5.17. The van der Waals surface area contributed by atoms with Crippen LogP contribution in [0.2, 0.25) is 0 Å². The Hall–Kier alpha value is -3.36. The van der Waals surface area contributed by atoms with Crippen LogP contribution in [0, 0.1) is 6.92 Å². The molecule has 0 fully saturated rings. The van der Waals surface area contributed by atoms with Gasteiger partial charge in [0.2, 0.25) is 11.7 Å². The molecule has 1 aromatic heterocycles. The number of hydrogen-bond donors (Lipinski definition) is 4. The van der Waals surface area contributed by atoms with Crippen molar-refractivity contribution in [3.05, 3.63) is 51.7 Å². The lowest BCUT2D eigenvalue weighted by Crippen LogP contribution is -2.39. The maximum absolute atomic E-state index is 12.4. The highest BCUT2D eigenvalue weighted by Crippen LogP contribution is 2.14. The number of nitrogens with one attached hydrogen (secondary N) is 4. The van der Waals surface area contributed by atoms with Gasteiger partial charge in [-0.15, -0.1) is 0 Å². The number of amides is 1. The van der Waals surface area contributed by atoms with E-state index in [1.807, 2.05) is 0 Å². The van der Waals surface area contributed by atoms with Crippen LogP contribution in [0.4, 0.5) is 10.5 Å². The number of alkyl carbamates (subject to hydrolysis) is 1. The zero-order chi connectivity index (χ0) is 20.2. The lowest BCUT2D eigenvalue weighted by Gasteiger charge is -2.20. The van der Waals surface area contributed by atoms with E-state index >= 15 is 0 Å². The summed E-state index contributed by atoms with van der Waals surface area (Å²) in [7, 11) is 1.52. The third-order valence-corrected chi connectivity index (χ3v) is 3.39. The third kappa shape index (κ3) is 5.56. The van der Waals surface area contributed by atoms with Crippen LogP contribution < -0.4 is 16.3 Å². The molecular formula is C18H23N5O4. The number of guanidine groups is 1. The molecular weight excluding hydrogens is 350 g/mol. The van der Waals surface area contributed by atoms with Gasteiger partial charge in [0, 0.05) is 24.0 Å². The summed E-state index contributed by atoms with van der Waals surface area (Å²) in [5.74, 6) is -0.0946. The number of rotatable bonds is 3. The molecule has 0 unspecified atom stereocenters. The summed E-state index contributed by atoms with van der Waals surface area (Å²) >= 11 is 0. The highest BCUT2D eigenvalue weighted by Gasteiger charge is 2.18. The van der Waals surface area contributed by atoms with Crippen molar-refractivity contribution in [1.29, 1.82) is 0 Å². The molecule has 0 radical (unpaired) electrons. The molecule has 9 heteroatoms. The number of H-pyrrole nitrogens is 2. The highest BCUT2D eigenvalue weighted by atomic mass is 16.6. The lowest BCUT2D eigenvalue weighted by atomic mass is 10.1. The second kappa shape index (κ2) is 7.90. The van der Waals surface area contributed by atoms with E-state index in [0.29, 0.717) is 16.9 Å². The number of aromatic amines is 2. The first-order valence-corrected chi connectivity index (χ1v) is 8.26. The van der Waals surface area contributed by atoms with E-state index < -0.39 is 17.4 Å². The van der Waals surface area contributed by atoms with Crippen molar-refractivity contribution in [2.45, 2.75) is 33.3 Å². The molecule has 0 aliphatic rings. The lowest BCUT2D eigenvalue weighted by molar-refractivity contribution is 0.0563. The topological polar surface area (TPSA) is 128 Å². The van der Waals surface area contributed by atoms with Gasteiger partial charge >= 0.3 is 11.8 Å². The van der Waals surface area contributed by atoms with Crippen molar-refractivity contribution in [1.82, 2.24) is 15.3 Å². The number of aromatic nitrogens is 2. The third-order valence-electron chi connectivity index (χ3n) is 3.39. The Bertz CT molecular complexity index is 916. The standard InChI is InChI=1S/C18H23N5O4/c1-10-13(22-16(25)20-10)14(24)11-6-8-12(9-7-11)21-15(19-5)23-17(26)27-18(2,3)4/h6-9H,1-5H3,(H2,20,22,25)(H2,19,21,23,26). The van der Waals surface area contributed by atoms with Crippen LogP contribution >= 0.6 is 0 Å². The summed E-state index contributed by atoms with van der Waals surface area (Å²) in [6.45, 7) is 6.93. The number of benzene rings is 1. The van der Waals surface area contributed by atoms with Crippen molar-refractivity contribution >= 4 is 23.5 Å². The van der Waals surface area contributed by atoms with Crippen LogP contribution in [-0.2, 0) is 4.74 Å². The van der Waals surface area contributed by atoms with E-state index in [0.717, 1.165) is 0 Å². The van der Waals surface area contributed by atoms with Crippen LogP contribution in [0.1, 0.15) is 42.5 Å². The number of anilines is 1. The predicted octanol–water partition coefficient (Wildman–Crippen LogP) is 2.16. The van der Waals surface area contributed by atoms with Crippen molar-refractivity contribution in [2.75, 3.05) is 12.4 Å². The minimum atomic E-state index is -0.630. The van der Waals surface area contributed by atoms with E-state index in [2.05, 4.69) is 25.6 Å². The van der Waals surface area contributed by atoms with Crippen LogP contribution in [0.5, 0.6) is 0 Å². The molecule has 0 saturated carbocycles. The normalized spacial score (nSPS) is 11.8. The summed E-state index contributed by atoms with van der Waals surface area (Å²) in [5.41, 5.74) is 0.683. The minimum absolute atomic E-state index is 0.203. The summed E-state index contributed by atoms with van der Waals surface area (Å²) in [5, 5.41) is 5.44. The van der Waals surface area contributed by atoms with Gasteiger partial charge in [0.05, 0.1) is 0 Å². The summed E-state index contributed by atoms with van der Waals surface area (Å²) in [6.07, 6.45) is -0.630. The maximum Gasteiger partial charge on any atom is 0.414 e. The van der Waals surface area contributed by atoms with E-state index in [-0.39, 0.29) is 17.4 Å². The van der Waals surface area contributed by atoms with Gasteiger partial charge in [0.25, 0.3) is 0 Å². The monoisotopic (exact) mass is 373 g/mol. The molecule has 2 aromatic rings. The fourth-order valence-electron chi connectivity index (χ4n) is 2.23. The average Bonchev–Trinajstić information content (AvgIpc) is 2.91. The molecule has 144 valence electrons. The Kier molecular flexibility index (Phi) is 5.84. The Balaban J connectivity index is 2.06. The van der Waals surface area contributed by atoms with Crippen LogP contribution in [-0.4, -0.2) is 40.5 Å². The Morgan fingerprint density at radius 1 is 1.11 bits per heavy atom. The second-order valence-electron chi connectivity index (χ2n) is 6.81. The number of hydrogen-bond acceptors (Lipinski definition) is 5. The second-order valence-corrected chi connectivity index (χ2v) is 6.81. The van der Waals surface area contributed by atoms with Crippen molar-refractivity contribution in [2.24, 2.45) is 4.99 Å². The molecule has 2 rings (SSSR count). The molecule has 0 saturated heterocycles. The first-order valence-electron chi connectivity index (χ1n) is 8.26. The molecule has 1 aromatic carbocycles. The van der Waals surface area contributed by atoms with Crippen molar-refractivity contribution in [3.8, 4) is 0 Å². The quantitative estimate of drug-likeness (QED) is 0.372. The fourth-order valence-corrected chi connectivity index (χ4v) is 2.23. The summed E-state index contributed by atoms with van der Waals surface area (Å²) in [6, 6.07) is 6.54. The van der Waals surface area contributed by atoms with Gasteiger partial charge in [0.15, 0.2) is 0 Å². The number of ether oxygens (including phenoxy) is 1. The first-order chi connectivity index (χ1) is 12.6. The predicted molar refractivity (Wildman–Crippen MR) is 102 cm³/mol. The smallest absolute Gasteiger partial charge is 0.414 e. The van der Waals surface area contributed by atoms with E-state index in [1.165, 1.54) is 7.05 Å². The van der Waals surface area contributed by atoms with Crippen molar-refractivity contribution < 1.29 is 14.3 Å². The molecule has 9 nitrogen and oxygen atoms in total. The Morgan fingerprint density at radius 2 is 1.74 bits per heavy atom. The summed E-state index contributed by atoms with van der Waals surface area (Å²) in [4.78, 5) is 44.5. The molecule has 0 aliphatic heterocycles. The maximum atomic E-state index is 12.4. The largest absolute Gasteiger partial charge is 0.444 e. The van der Waals surface area contributed by atoms with Crippen LogP contribution in [0.15, 0.2) is 34.1 Å². The van der Waals surface area contributed by atoms with Crippen molar-refractivity contribution in [3.63, 3.8) is 0 Å². The molecule has 27 heavy (non-hydrogen) atoms. The van der Waals surface area contributed by atoms with E-state index in [9.17, 15) is 14.4 Å². The van der Waals surface area contributed by atoms with Gasteiger partial charge in [0.1, 0.15) is 11.3 Å². The Morgan fingerprint density at radius 3 is 2.22 bits per heavy atom. The van der Waals surface area contributed by atoms with Crippen LogP contribution in [0.25, 0.3) is 0 Å². The van der Waals surface area contributed by atoms with Gasteiger partial charge < -0.3 is 20.0 Å². The van der Waals surface area contributed by atoms with Gasteiger partial charge in [-0.2, -0.15) is 0 Å². The van der Waals surface area contributed by atoms with Gasteiger partial charge in [-0.3, -0.25) is 15.1 Å². The molecule has 0 aliphatic carbocycles. The minimum Gasteiger partial charge on any atom is -0.444 e. The average molecular weight is 373 g/mol. The number of nitrogens with zero attached hydrogens (tertiary/aromatic N) is 1. The zero-order valence-electron chi connectivity index (χ0n) is 15.9. The number of carbonyl (C=O) groups is 2. The molecule has 0 spiro atoms. The Labute approximate surface area is 156 Å². The number of ketones is 1. The highest BCUT2D eigenvalue weighted by molar-refractivity contribution is 6.09. The molecule has 4 N–H and O–H groups in total. The van der Waals surface area contributed by atoms with Gasteiger partial charge in [-0.05, 0) is 52.0 Å². The first kappa shape index (κ1) is 20.0. The molecule has 1 heterocycles. The van der Waals surface area contributed by atoms with Gasteiger partial charge in [-0.1, -0.05) is 0 Å². The molecule has 0 bridgehead atoms. The number of imidazole rings is 1. The number of aliphatic imine (C=N–C) groups is 1.